The number of nitrogens with zero attached hydrogens (tertiary/aromatic N) is 3. The van der Waals surface area contributed by atoms with E-state index in [2.05, 4.69) is 41.3 Å². The lowest BCUT2D eigenvalue weighted by Crippen LogP contribution is -2.04. The van der Waals surface area contributed by atoms with Crippen LogP contribution in [0.1, 0.15) is 31.0 Å². The molecule has 1 aromatic carbocycles. The summed E-state index contributed by atoms with van der Waals surface area (Å²) in [5.74, 6) is 0.883. The Labute approximate surface area is 127 Å². The minimum Gasteiger partial charge on any atom is -0.409 e. The number of hydrogen-bond acceptors (Lipinski definition) is 4. The molecule has 0 unspecified atom stereocenters. The zero-order valence-electron chi connectivity index (χ0n) is 12.1. The summed E-state index contributed by atoms with van der Waals surface area (Å²) in [6.45, 7) is 6.34. The maximum absolute atomic E-state index is 5.37. The second kappa shape index (κ2) is 5.29. The molecular weight excluding hydrogens is 284 g/mol. The lowest BCUT2D eigenvalue weighted by atomic mass is 10.0. The Bertz CT molecular complexity index is 828. The van der Waals surface area contributed by atoms with E-state index in [-0.39, 0.29) is 4.84 Å². The number of rotatable bonds is 3. The second-order valence-electron chi connectivity index (χ2n) is 5.19. The number of aromatic nitrogens is 4. The normalized spacial score (nSPS) is 11.2. The molecule has 0 aliphatic carbocycles. The number of aromatic amines is 1. The van der Waals surface area contributed by atoms with Crippen LogP contribution in [0, 0.1) is 11.8 Å². The highest BCUT2D eigenvalue weighted by atomic mass is 32.1. The van der Waals surface area contributed by atoms with E-state index in [4.69, 9.17) is 16.6 Å². The monoisotopic (exact) mass is 300 g/mol. The summed E-state index contributed by atoms with van der Waals surface area (Å²) in [6, 6.07) is 8.26. The van der Waals surface area contributed by atoms with Gasteiger partial charge in [-0.05, 0) is 36.7 Å². The fraction of sp³-hybridized carbons (Fsp3) is 0.267. The van der Waals surface area contributed by atoms with Gasteiger partial charge in [0.05, 0.1) is 23.1 Å². The lowest BCUT2D eigenvalue weighted by Gasteiger charge is -2.13. The minimum absolute atomic E-state index is 0.264. The Morgan fingerprint density at radius 1 is 1.29 bits per heavy atom. The van der Waals surface area contributed by atoms with Crippen LogP contribution in [0.5, 0.6) is 0 Å². The molecule has 21 heavy (non-hydrogen) atoms. The van der Waals surface area contributed by atoms with E-state index >= 15 is 0 Å². The number of H-pyrrole nitrogens is 1. The van der Waals surface area contributed by atoms with Crippen LogP contribution in [0.2, 0.25) is 0 Å². The highest BCUT2D eigenvalue weighted by Gasteiger charge is 2.16. The first-order chi connectivity index (χ1) is 10.1. The summed E-state index contributed by atoms with van der Waals surface area (Å²) >= 11 is 4.92. The first kappa shape index (κ1) is 13.8. The van der Waals surface area contributed by atoms with Crippen molar-refractivity contribution in [1.82, 2.24) is 20.0 Å². The van der Waals surface area contributed by atoms with E-state index < -0.39 is 0 Å². The van der Waals surface area contributed by atoms with Crippen LogP contribution < -0.4 is 0 Å². The third-order valence-corrected chi connectivity index (χ3v) is 3.64. The van der Waals surface area contributed by atoms with E-state index in [0.717, 1.165) is 16.9 Å². The zero-order valence-corrected chi connectivity index (χ0v) is 12.9. The number of hydrogen-bond donors (Lipinski definition) is 1. The number of benzene rings is 1. The molecule has 3 aromatic rings. The van der Waals surface area contributed by atoms with Crippen molar-refractivity contribution in [1.29, 1.82) is 0 Å². The predicted molar refractivity (Wildman–Crippen MR) is 83.1 cm³/mol. The van der Waals surface area contributed by atoms with Crippen LogP contribution in [0.25, 0.3) is 17.1 Å². The molecule has 0 aliphatic rings. The van der Waals surface area contributed by atoms with Crippen molar-refractivity contribution in [3.8, 4) is 17.1 Å². The van der Waals surface area contributed by atoms with Gasteiger partial charge in [0, 0.05) is 0 Å². The van der Waals surface area contributed by atoms with Crippen LogP contribution in [-0.2, 0) is 0 Å². The van der Waals surface area contributed by atoms with Crippen LogP contribution in [0.3, 0.4) is 0 Å². The van der Waals surface area contributed by atoms with Gasteiger partial charge in [-0.25, -0.2) is 9.78 Å². The molecule has 2 heterocycles. The van der Waals surface area contributed by atoms with Crippen LogP contribution in [0.4, 0.5) is 0 Å². The first-order valence-electron chi connectivity index (χ1n) is 6.77. The molecule has 0 spiro atoms. The summed E-state index contributed by atoms with van der Waals surface area (Å²) in [6.07, 6.45) is 1.75. The fourth-order valence-electron chi connectivity index (χ4n) is 2.38. The molecule has 0 aliphatic heterocycles. The molecule has 0 amide bonds. The van der Waals surface area contributed by atoms with E-state index in [9.17, 15) is 0 Å². The van der Waals surface area contributed by atoms with Gasteiger partial charge in [-0.1, -0.05) is 32.0 Å². The standard InChI is InChI=1S/C15H16N4OS/c1-9(2)11-6-4-5-7-13(11)19-10(3)12(8-16-19)14-17-18-15(21)20-14/h4-9H,1-3H3,(H,18,21). The molecular formula is C15H16N4OS. The Kier molecular flexibility index (Phi) is 3.47. The van der Waals surface area contributed by atoms with E-state index in [1.807, 2.05) is 23.7 Å². The topological polar surface area (TPSA) is 59.6 Å². The summed E-state index contributed by atoms with van der Waals surface area (Å²) in [4.78, 5) is 0.264. The van der Waals surface area contributed by atoms with Crippen LogP contribution in [-0.4, -0.2) is 20.0 Å². The molecule has 2 aromatic heterocycles. The van der Waals surface area contributed by atoms with Crippen molar-refractivity contribution in [3.63, 3.8) is 0 Å². The van der Waals surface area contributed by atoms with Gasteiger partial charge in [0.2, 0.25) is 5.89 Å². The molecule has 0 radical (unpaired) electrons. The third kappa shape index (κ3) is 2.42. The van der Waals surface area contributed by atoms with Crippen LogP contribution in [0.15, 0.2) is 34.9 Å². The van der Waals surface area contributed by atoms with E-state index in [1.165, 1.54) is 5.56 Å². The molecule has 0 saturated heterocycles. The Balaban J connectivity index is 2.14. The van der Waals surface area contributed by atoms with E-state index in [1.54, 1.807) is 6.20 Å². The highest BCUT2D eigenvalue weighted by Crippen LogP contribution is 2.27. The third-order valence-electron chi connectivity index (χ3n) is 3.47. The minimum atomic E-state index is 0.264. The SMILES string of the molecule is Cc1c(-c2n[nH]c(=S)o2)cnn1-c1ccccc1C(C)C. The first-order valence-corrected chi connectivity index (χ1v) is 7.18. The molecule has 0 saturated carbocycles. The van der Waals surface area contributed by atoms with Crippen molar-refractivity contribution in [2.24, 2.45) is 0 Å². The van der Waals surface area contributed by atoms with Gasteiger partial charge in [0.25, 0.3) is 4.84 Å². The van der Waals surface area contributed by atoms with Gasteiger partial charge in [-0.3, -0.25) is 0 Å². The van der Waals surface area contributed by atoms with Gasteiger partial charge in [0.1, 0.15) is 0 Å². The Morgan fingerprint density at radius 3 is 2.71 bits per heavy atom. The number of para-hydroxylation sites is 1. The average molecular weight is 300 g/mol. The predicted octanol–water partition coefficient (Wildman–Crippen LogP) is 4.02. The molecule has 5 nitrogen and oxygen atoms in total. The molecule has 6 heteroatoms. The van der Waals surface area contributed by atoms with Crippen molar-refractivity contribution in [3.05, 3.63) is 46.6 Å². The maximum Gasteiger partial charge on any atom is 0.284 e. The smallest absolute Gasteiger partial charge is 0.284 e. The Morgan fingerprint density at radius 2 is 2.05 bits per heavy atom. The highest BCUT2D eigenvalue weighted by molar-refractivity contribution is 7.71. The van der Waals surface area contributed by atoms with Gasteiger partial charge < -0.3 is 4.42 Å². The quantitative estimate of drug-likeness (QED) is 0.742. The van der Waals surface area contributed by atoms with Crippen molar-refractivity contribution in [2.45, 2.75) is 26.7 Å². The summed E-state index contributed by atoms with van der Waals surface area (Å²) < 4.78 is 7.29. The van der Waals surface area contributed by atoms with Gasteiger partial charge in [-0.2, -0.15) is 5.10 Å². The van der Waals surface area contributed by atoms with Crippen molar-refractivity contribution < 1.29 is 4.42 Å². The summed E-state index contributed by atoms with van der Waals surface area (Å²) in [5, 5.41) is 11.2. The van der Waals surface area contributed by atoms with Gasteiger partial charge >= 0.3 is 0 Å². The molecule has 108 valence electrons. The van der Waals surface area contributed by atoms with Crippen LogP contribution >= 0.6 is 12.2 Å². The average Bonchev–Trinajstić information content (AvgIpc) is 3.04. The molecule has 3 rings (SSSR count). The largest absolute Gasteiger partial charge is 0.409 e. The summed E-state index contributed by atoms with van der Waals surface area (Å²) in [5.41, 5.74) is 4.12. The second-order valence-corrected chi connectivity index (χ2v) is 5.56. The fourth-order valence-corrected chi connectivity index (χ4v) is 2.50. The summed E-state index contributed by atoms with van der Waals surface area (Å²) in [7, 11) is 0. The van der Waals surface area contributed by atoms with Crippen molar-refractivity contribution >= 4 is 12.2 Å². The molecule has 0 bridgehead atoms. The molecule has 0 fully saturated rings. The zero-order chi connectivity index (χ0) is 15.0. The number of nitrogens with one attached hydrogen (secondary N) is 1. The lowest BCUT2D eigenvalue weighted by molar-refractivity contribution is 0.551. The van der Waals surface area contributed by atoms with E-state index in [0.29, 0.717) is 11.8 Å². The van der Waals surface area contributed by atoms with Gasteiger partial charge in [-0.15, -0.1) is 5.10 Å². The van der Waals surface area contributed by atoms with Gasteiger partial charge in [0.15, 0.2) is 0 Å². The molecule has 0 atom stereocenters. The van der Waals surface area contributed by atoms with Crippen molar-refractivity contribution in [2.75, 3.05) is 0 Å². The molecule has 1 N–H and O–H groups in total. The Hall–Kier alpha value is -2.21. The maximum atomic E-state index is 5.37.